The number of nitrogens with one attached hydrogen (secondary N) is 1. The SMILES string of the molecule is CN(C)CCOc1ccccc1C(=O)NC1CCCc2cc(N)ccc21.Cl.Cl. The van der Waals surface area contributed by atoms with Crippen molar-refractivity contribution in [1.82, 2.24) is 10.2 Å². The smallest absolute Gasteiger partial charge is 0.255 e. The van der Waals surface area contributed by atoms with Gasteiger partial charge >= 0.3 is 0 Å². The predicted octanol–water partition coefficient (Wildman–Crippen LogP) is 3.86. The molecule has 3 N–H and O–H groups in total. The zero-order chi connectivity index (χ0) is 18.5. The second-order valence-electron chi connectivity index (χ2n) is 7.02. The first kappa shape index (κ1) is 24.1. The van der Waals surface area contributed by atoms with Crippen molar-refractivity contribution in [3.05, 3.63) is 59.2 Å². The fourth-order valence-corrected chi connectivity index (χ4v) is 3.34. The number of amides is 1. The molecule has 0 aromatic heterocycles. The molecule has 0 radical (unpaired) electrons. The van der Waals surface area contributed by atoms with Gasteiger partial charge in [0.15, 0.2) is 0 Å². The Morgan fingerprint density at radius 3 is 2.71 bits per heavy atom. The van der Waals surface area contributed by atoms with Gasteiger partial charge in [-0.15, -0.1) is 24.8 Å². The second-order valence-corrected chi connectivity index (χ2v) is 7.02. The lowest BCUT2D eigenvalue weighted by molar-refractivity contribution is 0.0928. The van der Waals surface area contributed by atoms with Crippen LogP contribution in [0.5, 0.6) is 5.75 Å². The highest BCUT2D eigenvalue weighted by molar-refractivity contribution is 5.97. The Hall–Kier alpha value is -1.95. The lowest BCUT2D eigenvalue weighted by Gasteiger charge is -2.27. The van der Waals surface area contributed by atoms with Gasteiger partial charge in [-0.2, -0.15) is 0 Å². The number of halogens is 2. The molecule has 28 heavy (non-hydrogen) atoms. The molecule has 7 heteroatoms. The molecule has 0 saturated carbocycles. The molecular formula is C21H29Cl2N3O2. The number of rotatable bonds is 6. The number of para-hydroxylation sites is 1. The Morgan fingerprint density at radius 2 is 1.96 bits per heavy atom. The largest absolute Gasteiger partial charge is 0.491 e. The van der Waals surface area contributed by atoms with E-state index < -0.39 is 0 Å². The molecule has 0 heterocycles. The summed E-state index contributed by atoms with van der Waals surface area (Å²) in [4.78, 5) is 14.9. The second kappa shape index (κ2) is 11.1. The van der Waals surface area contributed by atoms with Gasteiger partial charge in [-0.25, -0.2) is 0 Å². The highest BCUT2D eigenvalue weighted by atomic mass is 35.5. The number of fused-ring (bicyclic) bond motifs is 1. The molecular weight excluding hydrogens is 397 g/mol. The van der Waals surface area contributed by atoms with Crippen LogP contribution in [0.2, 0.25) is 0 Å². The van der Waals surface area contributed by atoms with Crippen molar-refractivity contribution in [2.24, 2.45) is 0 Å². The Labute approximate surface area is 179 Å². The summed E-state index contributed by atoms with van der Waals surface area (Å²) in [5.41, 5.74) is 9.66. The molecule has 2 aromatic carbocycles. The summed E-state index contributed by atoms with van der Waals surface area (Å²) in [6.45, 7) is 1.34. The minimum Gasteiger partial charge on any atom is -0.491 e. The van der Waals surface area contributed by atoms with Crippen LogP contribution in [0.1, 0.15) is 40.4 Å². The average molecular weight is 426 g/mol. The van der Waals surface area contributed by atoms with E-state index in [2.05, 4.69) is 5.32 Å². The van der Waals surface area contributed by atoms with E-state index >= 15 is 0 Å². The third-order valence-electron chi connectivity index (χ3n) is 4.71. The Kier molecular flexibility index (Phi) is 9.59. The van der Waals surface area contributed by atoms with Crippen molar-refractivity contribution in [2.75, 3.05) is 33.0 Å². The van der Waals surface area contributed by atoms with Crippen LogP contribution in [-0.2, 0) is 6.42 Å². The molecule has 1 aliphatic rings. The van der Waals surface area contributed by atoms with Crippen molar-refractivity contribution in [3.63, 3.8) is 0 Å². The fourth-order valence-electron chi connectivity index (χ4n) is 3.34. The molecule has 0 aliphatic heterocycles. The number of nitrogens with zero attached hydrogens (tertiary/aromatic N) is 1. The first-order valence-corrected chi connectivity index (χ1v) is 9.10. The standard InChI is InChI=1S/C21H27N3O2.2ClH/c1-24(2)12-13-26-20-9-4-3-7-18(20)21(25)23-19-8-5-6-15-14-16(22)10-11-17(15)19;;/h3-4,7,9-11,14,19H,5-6,8,12-13,22H2,1-2H3,(H,23,25);2*1H. The maximum absolute atomic E-state index is 12.9. The highest BCUT2D eigenvalue weighted by Gasteiger charge is 2.23. The summed E-state index contributed by atoms with van der Waals surface area (Å²) in [6, 6.07) is 13.4. The first-order valence-electron chi connectivity index (χ1n) is 9.10. The molecule has 1 amide bonds. The monoisotopic (exact) mass is 425 g/mol. The van der Waals surface area contributed by atoms with Gasteiger partial charge in [0, 0.05) is 12.2 Å². The third kappa shape index (κ3) is 6.03. The molecule has 5 nitrogen and oxygen atoms in total. The summed E-state index contributed by atoms with van der Waals surface area (Å²) in [6.07, 6.45) is 2.99. The van der Waals surface area contributed by atoms with Crippen LogP contribution < -0.4 is 15.8 Å². The number of aryl methyl sites for hydroxylation is 1. The number of anilines is 1. The quantitative estimate of drug-likeness (QED) is 0.689. The van der Waals surface area contributed by atoms with Crippen LogP contribution in [0.15, 0.2) is 42.5 Å². The van der Waals surface area contributed by atoms with Crippen molar-refractivity contribution in [1.29, 1.82) is 0 Å². The van der Waals surface area contributed by atoms with E-state index in [9.17, 15) is 4.79 Å². The van der Waals surface area contributed by atoms with Crippen LogP contribution >= 0.6 is 24.8 Å². The third-order valence-corrected chi connectivity index (χ3v) is 4.71. The Morgan fingerprint density at radius 1 is 1.21 bits per heavy atom. The molecule has 2 aromatic rings. The van der Waals surface area contributed by atoms with E-state index in [1.165, 1.54) is 11.1 Å². The maximum Gasteiger partial charge on any atom is 0.255 e. The van der Waals surface area contributed by atoms with Crippen LogP contribution in [0.25, 0.3) is 0 Å². The van der Waals surface area contributed by atoms with Gasteiger partial charge in [-0.1, -0.05) is 18.2 Å². The maximum atomic E-state index is 12.9. The number of hydrogen-bond acceptors (Lipinski definition) is 4. The van der Waals surface area contributed by atoms with Crippen molar-refractivity contribution >= 4 is 36.4 Å². The average Bonchev–Trinajstić information content (AvgIpc) is 2.61. The number of likely N-dealkylation sites (N-methyl/N-ethyl adjacent to an activating group) is 1. The summed E-state index contributed by atoms with van der Waals surface area (Å²) in [5.74, 6) is 0.528. The molecule has 1 atom stereocenters. The topological polar surface area (TPSA) is 67.6 Å². The fraction of sp³-hybridized carbons (Fsp3) is 0.381. The molecule has 0 spiro atoms. The van der Waals surface area contributed by atoms with E-state index in [4.69, 9.17) is 10.5 Å². The summed E-state index contributed by atoms with van der Waals surface area (Å²) in [5, 5.41) is 3.18. The van der Waals surface area contributed by atoms with Crippen LogP contribution in [-0.4, -0.2) is 38.1 Å². The normalized spacial score (nSPS) is 15.0. The zero-order valence-electron chi connectivity index (χ0n) is 16.3. The van der Waals surface area contributed by atoms with Crippen molar-refractivity contribution in [2.45, 2.75) is 25.3 Å². The van der Waals surface area contributed by atoms with Crippen molar-refractivity contribution in [3.8, 4) is 5.75 Å². The van der Waals surface area contributed by atoms with Gasteiger partial charge in [0.25, 0.3) is 5.91 Å². The molecule has 0 saturated heterocycles. The van der Waals surface area contributed by atoms with E-state index in [-0.39, 0.29) is 36.8 Å². The predicted molar refractivity (Wildman–Crippen MR) is 119 cm³/mol. The summed E-state index contributed by atoms with van der Waals surface area (Å²) in [7, 11) is 3.99. The summed E-state index contributed by atoms with van der Waals surface area (Å²) >= 11 is 0. The number of ether oxygens (including phenoxy) is 1. The molecule has 1 unspecified atom stereocenters. The molecule has 1 aliphatic carbocycles. The van der Waals surface area contributed by atoms with Crippen LogP contribution in [0.3, 0.4) is 0 Å². The Balaban J connectivity index is 0.00000196. The zero-order valence-corrected chi connectivity index (χ0v) is 17.9. The van der Waals surface area contributed by atoms with Crippen LogP contribution in [0.4, 0.5) is 5.69 Å². The molecule has 0 bridgehead atoms. The van der Waals surface area contributed by atoms with E-state index in [1.54, 1.807) is 0 Å². The van der Waals surface area contributed by atoms with Gasteiger partial charge in [-0.3, -0.25) is 4.79 Å². The van der Waals surface area contributed by atoms with E-state index in [1.807, 2.05) is 61.5 Å². The van der Waals surface area contributed by atoms with Gasteiger partial charge in [0.05, 0.1) is 11.6 Å². The minimum atomic E-state index is -0.0971. The lowest BCUT2D eigenvalue weighted by atomic mass is 9.87. The number of carbonyl (C=O) groups excluding carboxylic acids is 1. The number of nitrogen functional groups attached to an aromatic ring is 1. The van der Waals surface area contributed by atoms with E-state index in [0.29, 0.717) is 17.9 Å². The number of nitrogens with two attached hydrogens (primary N) is 1. The highest BCUT2D eigenvalue weighted by Crippen LogP contribution is 2.31. The van der Waals surface area contributed by atoms with Crippen molar-refractivity contribution < 1.29 is 9.53 Å². The van der Waals surface area contributed by atoms with Crippen LogP contribution in [0, 0.1) is 0 Å². The van der Waals surface area contributed by atoms with Gasteiger partial charge in [-0.05, 0) is 68.8 Å². The number of hydrogen-bond donors (Lipinski definition) is 2. The molecule has 3 rings (SSSR count). The number of benzene rings is 2. The van der Waals surface area contributed by atoms with E-state index in [0.717, 1.165) is 31.5 Å². The molecule has 154 valence electrons. The minimum absolute atomic E-state index is 0. The Bertz CT molecular complexity index is 784. The van der Waals surface area contributed by atoms with Gasteiger partial charge < -0.3 is 20.7 Å². The first-order chi connectivity index (χ1) is 12.5. The molecule has 0 fully saturated rings. The summed E-state index contributed by atoms with van der Waals surface area (Å²) < 4.78 is 5.82. The lowest BCUT2D eigenvalue weighted by Crippen LogP contribution is -2.31. The van der Waals surface area contributed by atoms with Gasteiger partial charge in [0.2, 0.25) is 0 Å². The number of carbonyl (C=O) groups is 1. The van der Waals surface area contributed by atoms with Gasteiger partial charge in [0.1, 0.15) is 12.4 Å².